The Morgan fingerprint density at radius 1 is 0.949 bits per heavy atom. The molecule has 0 aliphatic carbocycles. The Balaban J connectivity index is 1.02. The molecule has 3 heterocycles. The van der Waals surface area contributed by atoms with Gasteiger partial charge in [-0.05, 0) is 54.6 Å². The van der Waals surface area contributed by atoms with Gasteiger partial charge in [-0.3, -0.25) is 0 Å². The van der Waals surface area contributed by atoms with Gasteiger partial charge in [-0.2, -0.15) is 0 Å². The largest absolute Gasteiger partial charge is 0.491 e. The summed E-state index contributed by atoms with van der Waals surface area (Å²) >= 11 is 23.8. The Labute approximate surface area is 254 Å². The first kappa shape index (κ1) is 27.4. The Bertz CT molecular complexity index is 1470. The Kier molecular flexibility index (Phi) is 8.15. The quantitative estimate of drug-likeness (QED) is 0.189. The van der Waals surface area contributed by atoms with E-state index in [1.807, 2.05) is 36.4 Å². The highest BCUT2D eigenvalue weighted by atomic mass is 79.9. The van der Waals surface area contributed by atoms with Gasteiger partial charge in [0.2, 0.25) is 5.79 Å². The highest BCUT2D eigenvalue weighted by molar-refractivity contribution is 9.09. The van der Waals surface area contributed by atoms with Crippen molar-refractivity contribution in [3.63, 3.8) is 0 Å². The normalized spacial score (nSPS) is 21.6. The first-order valence-electron chi connectivity index (χ1n) is 12.5. The number of thiazole rings is 1. The minimum Gasteiger partial charge on any atom is -0.491 e. The maximum atomic E-state index is 6.43. The first-order valence-corrected chi connectivity index (χ1v) is 15.6. The molecule has 4 aromatic rings. The van der Waals surface area contributed by atoms with Crippen LogP contribution in [0.25, 0.3) is 10.2 Å². The van der Waals surface area contributed by atoms with E-state index >= 15 is 0 Å². The fraction of sp³-hybridized carbons (Fsp3) is 0.321. The van der Waals surface area contributed by atoms with Gasteiger partial charge in [0, 0.05) is 47.5 Å². The van der Waals surface area contributed by atoms with Crippen LogP contribution in [0.4, 0.5) is 10.8 Å². The third kappa shape index (κ3) is 5.84. The van der Waals surface area contributed by atoms with Crippen molar-refractivity contribution in [1.82, 2.24) is 4.98 Å². The Hall–Kier alpha value is -1.78. The number of rotatable bonds is 7. The molecule has 2 saturated heterocycles. The lowest BCUT2D eigenvalue weighted by Crippen LogP contribution is -2.46. The lowest BCUT2D eigenvalue weighted by molar-refractivity contribution is -0.159. The van der Waals surface area contributed by atoms with Gasteiger partial charge in [0.25, 0.3) is 0 Å². The van der Waals surface area contributed by atoms with Crippen molar-refractivity contribution < 1.29 is 14.2 Å². The fourth-order valence-corrected chi connectivity index (χ4v) is 7.29. The molecule has 0 unspecified atom stereocenters. The van der Waals surface area contributed by atoms with Gasteiger partial charge in [-0.15, -0.1) is 0 Å². The molecule has 2 fully saturated rings. The number of piperazine rings is 1. The second-order valence-corrected chi connectivity index (χ2v) is 12.3. The number of nitrogens with zero attached hydrogens (tertiary/aromatic N) is 3. The van der Waals surface area contributed by atoms with Crippen molar-refractivity contribution >= 4 is 83.1 Å². The van der Waals surface area contributed by atoms with E-state index in [1.165, 1.54) is 5.69 Å². The number of hydrogen-bond donors (Lipinski definition) is 0. The highest BCUT2D eigenvalue weighted by Crippen LogP contribution is 2.40. The zero-order valence-corrected chi connectivity index (χ0v) is 25.5. The van der Waals surface area contributed by atoms with Crippen molar-refractivity contribution in [1.29, 1.82) is 0 Å². The molecule has 39 heavy (non-hydrogen) atoms. The SMILES string of the molecule is Clc1ccc([C@@]2(CBr)OC[C@@H](COc3ccc(N4CCN(c5nc6ccc(Cl)cc6s5)CC4)cc3)O2)c(Cl)c1. The second-order valence-electron chi connectivity index (χ2n) is 9.45. The van der Waals surface area contributed by atoms with Gasteiger partial charge >= 0.3 is 0 Å². The summed E-state index contributed by atoms with van der Waals surface area (Å²) in [6.07, 6.45) is -0.236. The average molecular weight is 670 g/mol. The van der Waals surface area contributed by atoms with Crippen molar-refractivity contribution in [3.8, 4) is 5.75 Å². The maximum Gasteiger partial charge on any atom is 0.206 e. The van der Waals surface area contributed by atoms with Crippen LogP contribution in [0.1, 0.15) is 5.56 Å². The summed E-state index contributed by atoms with van der Waals surface area (Å²) in [7, 11) is 0. The molecule has 0 saturated carbocycles. The van der Waals surface area contributed by atoms with Crippen molar-refractivity contribution in [2.75, 3.05) is 54.5 Å². The van der Waals surface area contributed by atoms with Gasteiger partial charge < -0.3 is 24.0 Å². The van der Waals surface area contributed by atoms with Crippen LogP contribution in [-0.2, 0) is 15.3 Å². The van der Waals surface area contributed by atoms with E-state index in [0.29, 0.717) is 28.6 Å². The molecule has 2 atom stereocenters. The highest BCUT2D eigenvalue weighted by Gasteiger charge is 2.44. The van der Waals surface area contributed by atoms with Crippen LogP contribution in [0.2, 0.25) is 15.1 Å². The standard InChI is InChI=1S/C28H25BrCl3N3O3S/c29-17-28(23-7-1-18(30)13-24(23)32)37-16-22(38-28)15-36-21-5-3-20(4-6-21)34-9-11-35(12-10-34)27-33-25-8-2-19(31)14-26(25)39-27/h1-8,13-14,22H,9-12,15-17H2/t22-,28+/m1/s1. The summed E-state index contributed by atoms with van der Waals surface area (Å²) < 4.78 is 19.5. The number of fused-ring (bicyclic) bond motifs is 1. The number of aromatic nitrogens is 1. The summed E-state index contributed by atoms with van der Waals surface area (Å²) in [6.45, 7) is 4.44. The first-order chi connectivity index (χ1) is 18.9. The second kappa shape index (κ2) is 11.6. The van der Waals surface area contributed by atoms with E-state index in [2.05, 4.69) is 37.9 Å². The lowest BCUT2D eigenvalue weighted by Gasteiger charge is -2.36. The molecule has 2 aliphatic heterocycles. The third-order valence-electron chi connectivity index (χ3n) is 6.90. The molecule has 11 heteroatoms. The summed E-state index contributed by atoms with van der Waals surface area (Å²) in [5, 5.41) is 3.30. The predicted octanol–water partition coefficient (Wildman–Crippen LogP) is 7.63. The molecular formula is C28H25BrCl3N3O3S. The molecule has 0 amide bonds. The maximum absolute atomic E-state index is 6.43. The smallest absolute Gasteiger partial charge is 0.206 e. The number of halogens is 4. The van der Waals surface area contributed by atoms with Crippen LogP contribution in [0.3, 0.4) is 0 Å². The van der Waals surface area contributed by atoms with Crippen molar-refractivity contribution in [3.05, 3.63) is 81.3 Å². The summed E-state index contributed by atoms with van der Waals surface area (Å²) in [4.78, 5) is 9.53. The van der Waals surface area contributed by atoms with E-state index in [1.54, 1.807) is 23.5 Å². The van der Waals surface area contributed by atoms with E-state index in [0.717, 1.165) is 57.9 Å². The van der Waals surface area contributed by atoms with E-state index in [4.69, 9.17) is 54.0 Å². The van der Waals surface area contributed by atoms with Crippen LogP contribution >= 0.6 is 62.1 Å². The molecule has 2 aliphatic rings. The van der Waals surface area contributed by atoms with Gasteiger partial charge in [0.15, 0.2) is 5.13 Å². The number of anilines is 2. The van der Waals surface area contributed by atoms with Gasteiger partial charge in [0.1, 0.15) is 18.5 Å². The Morgan fingerprint density at radius 3 is 2.41 bits per heavy atom. The number of alkyl halides is 1. The number of benzene rings is 3. The summed E-state index contributed by atoms with van der Waals surface area (Å²) in [6, 6.07) is 19.4. The fourth-order valence-electron chi connectivity index (χ4n) is 4.85. The topological polar surface area (TPSA) is 47.1 Å². The van der Waals surface area contributed by atoms with Crippen LogP contribution in [0, 0.1) is 0 Å². The molecule has 6 nitrogen and oxygen atoms in total. The monoisotopic (exact) mass is 667 g/mol. The molecule has 1 aromatic heterocycles. The lowest BCUT2D eigenvalue weighted by atomic mass is 10.1. The molecule has 0 radical (unpaired) electrons. The molecule has 3 aromatic carbocycles. The molecular weight excluding hydrogens is 645 g/mol. The molecule has 0 bridgehead atoms. The number of ether oxygens (including phenoxy) is 3. The summed E-state index contributed by atoms with van der Waals surface area (Å²) in [5.74, 6) is -0.185. The van der Waals surface area contributed by atoms with E-state index < -0.39 is 5.79 Å². The third-order valence-corrected chi connectivity index (χ3v) is 9.50. The predicted molar refractivity (Wildman–Crippen MR) is 164 cm³/mol. The molecule has 0 spiro atoms. The summed E-state index contributed by atoms with van der Waals surface area (Å²) in [5.41, 5.74) is 2.91. The van der Waals surface area contributed by atoms with Crippen LogP contribution < -0.4 is 14.5 Å². The van der Waals surface area contributed by atoms with Crippen molar-refractivity contribution in [2.45, 2.75) is 11.9 Å². The number of hydrogen-bond acceptors (Lipinski definition) is 7. The Morgan fingerprint density at radius 2 is 1.67 bits per heavy atom. The molecule has 6 rings (SSSR count). The van der Waals surface area contributed by atoms with Crippen LogP contribution in [-0.4, -0.2) is 55.8 Å². The molecule has 0 N–H and O–H groups in total. The zero-order valence-electron chi connectivity index (χ0n) is 20.8. The molecule has 204 valence electrons. The average Bonchev–Trinajstić information content (AvgIpc) is 3.57. The minimum atomic E-state index is -0.972. The van der Waals surface area contributed by atoms with Crippen molar-refractivity contribution in [2.24, 2.45) is 0 Å². The van der Waals surface area contributed by atoms with E-state index in [9.17, 15) is 0 Å². The zero-order chi connectivity index (χ0) is 27.0. The van der Waals surface area contributed by atoms with Gasteiger partial charge in [0.05, 0.1) is 27.2 Å². The van der Waals surface area contributed by atoms with Crippen LogP contribution in [0.15, 0.2) is 60.7 Å². The van der Waals surface area contributed by atoms with Gasteiger partial charge in [-0.25, -0.2) is 4.98 Å². The van der Waals surface area contributed by atoms with Crippen LogP contribution in [0.5, 0.6) is 5.75 Å². The van der Waals surface area contributed by atoms with E-state index in [-0.39, 0.29) is 6.10 Å². The van der Waals surface area contributed by atoms with Gasteiger partial charge in [-0.1, -0.05) is 68.1 Å². The minimum absolute atomic E-state index is 0.236.